The van der Waals surface area contributed by atoms with Crippen LogP contribution in [0.3, 0.4) is 0 Å². The second-order valence-corrected chi connectivity index (χ2v) is 7.36. The molecule has 5 heteroatoms. The molecule has 2 atom stereocenters. The number of nitrogen functional groups attached to an aromatic ring is 1. The summed E-state index contributed by atoms with van der Waals surface area (Å²) in [6, 6.07) is 4.62. The van der Waals surface area contributed by atoms with Gasteiger partial charge in [-0.1, -0.05) is 22.4 Å². The molecular weight excluding hydrogens is 376 g/mol. The van der Waals surface area contributed by atoms with Crippen LogP contribution in [-0.2, 0) is 6.54 Å². The summed E-state index contributed by atoms with van der Waals surface area (Å²) in [6.07, 6.45) is 4.90. The van der Waals surface area contributed by atoms with Gasteiger partial charge in [0, 0.05) is 26.8 Å². The highest BCUT2D eigenvalue weighted by molar-refractivity contribution is 9.11. The van der Waals surface area contributed by atoms with Gasteiger partial charge < -0.3 is 11.1 Å². The highest BCUT2D eigenvalue weighted by Crippen LogP contribution is 2.29. The number of benzene rings is 1. The van der Waals surface area contributed by atoms with E-state index in [0.717, 1.165) is 33.2 Å². The molecule has 1 aromatic rings. The van der Waals surface area contributed by atoms with Crippen LogP contribution in [0.5, 0.6) is 0 Å². The van der Waals surface area contributed by atoms with Crippen molar-refractivity contribution in [3.05, 3.63) is 26.6 Å². The maximum Gasteiger partial charge on any atom is 0.0504 e. The molecule has 1 fully saturated rings. The molecular formula is C13H18Br2N2S. The summed E-state index contributed by atoms with van der Waals surface area (Å²) < 4.78 is 2.00. The Morgan fingerprint density at radius 2 is 2.11 bits per heavy atom. The predicted octanol–water partition coefficient (Wildman–Crippen LogP) is 4.12. The fraction of sp³-hybridized carbons (Fsp3) is 0.538. The normalized spacial score (nSPS) is 24.2. The minimum atomic E-state index is 0.544. The second kappa shape index (κ2) is 6.64. The number of nitrogens with one attached hydrogen (secondary N) is 1. The van der Waals surface area contributed by atoms with Gasteiger partial charge in [0.15, 0.2) is 0 Å². The van der Waals surface area contributed by atoms with Crippen molar-refractivity contribution in [3.8, 4) is 0 Å². The summed E-state index contributed by atoms with van der Waals surface area (Å²) in [6.45, 7) is 0.815. The number of hydrogen-bond acceptors (Lipinski definition) is 3. The van der Waals surface area contributed by atoms with Gasteiger partial charge in [-0.15, -0.1) is 0 Å². The van der Waals surface area contributed by atoms with Crippen molar-refractivity contribution in [2.24, 2.45) is 0 Å². The Hall–Kier alpha value is 0.290. The Bertz CT molecular complexity index is 426. The molecule has 1 aliphatic carbocycles. The molecule has 1 saturated carbocycles. The van der Waals surface area contributed by atoms with E-state index in [0.29, 0.717) is 11.3 Å². The highest BCUT2D eigenvalue weighted by atomic mass is 79.9. The van der Waals surface area contributed by atoms with Crippen molar-refractivity contribution in [2.75, 3.05) is 5.73 Å². The zero-order valence-electron chi connectivity index (χ0n) is 10.1. The number of halogens is 2. The van der Waals surface area contributed by atoms with Gasteiger partial charge in [-0.25, -0.2) is 0 Å². The van der Waals surface area contributed by atoms with Crippen molar-refractivity contribution >= 4 is 50.2 Å². The topological polar surface area (TPSA) is 38.0 Å². The minimum absolute atomic E-state index is 0.544. The molecule has 2 rings (SSSR count). The maximum atomic E-state index is 6.07. The van der Waals surface area contributed by atoms with E-state index in [1.54, 1.807) is 0 Å². The highest BCUT2D eigenvalue weighted by Gasteiger charge is 2.19. The summed E-state index contributed by atoms with van der Waals surface area (Å²) in [5.41, 5.74) is 8.03. The van der Waals surface area contributed by atoms with Gasteiger partial charge in [0.1, 0.15) is 0 Å². The zero-order valence-corrected chi connectivity index (χ0v) is 14.2. The monoisotopic (exact) mass is 392 g/mol. The van der Waals surface area contributed by atoms with Gasteiger partial charge in [-0.3, -0.25) is 0 Å². The van der Waals surface area contributed by atoms with Crippen molar-refractivity contribution in [2.45, 2.75) is 43.5 Å². The van der Waals surface area contributed by atoms with Crippen molar-refractivity contribution in [1.29, 1.82) is 0 Å². The van der Waals surface area contributed by atoms with Gasteiger partial charge in [0.05, 0.1) is 5.69 Å². The standard InChI is InChI=1S/C13H18Br2N2S/c14-9-4-8(13(16)12(15)5-9)7-17-10-2-1-3-11(18)6-10/h4-5,10-11,17-18H,1-3,6-7,16H2/t10-,11-/m0/s1. The van der Waals surface area contributed by atoms with E-state index in [1.807, 2.05) is 6.07 Å². The first-order valence-corrected chi connectivity index (χ1v) is 8.31. The summed E-state index contributed by atoms with van der Waals surface area (Å²) >= 11 is 11.5. The Kier molecular flexibility index (Phi) is 5.42. The Labute approximate surface area is 131 Å². The van der Waals surface area contributed by atoms with Gasteiger partial charge >= 0.3 is 0 Å². The molecule has 1 aromatic carbocycles. The maximum absolute atomic E-state index is 6.07. The van der Waals surface area contributed by atoms with Crippen LogP contribution in [0.2, 0.25) is 0 Å². The second-order valence-electron chi connectivity index (χ2n) is 4.86. The van der Waals surface area contributed by atoms with E-state index in [1.165, 1.54) is 19.3 Å². The van der Waals surface area contributed by atoms with Crippen LogP contribution in [0, 0.1) is 0 Å². The average Bonchev–Trinajstić information content (AvgIpc) is 2.32. The first-order chi connectivity index (χ1) is 8.56. The molecule has 0 heterocycles. The SMILES string of the molecule is Nc1c(Br)cc(Br)cc1CN[C@H]1CCC[C@H](S)C1. The number of rotatable bonds is 3. The third-order valence-electron chi connectivity index (χ3n) is 3.41. The van der Waals surface area contributed by atoms with Gasteiger partial charge in [0.25, 0.3) is 0 Å². The smallest absolute Gasteiger partial charge is 0.0504 e. The lowest BCUT2D eigenvalue weighted by Crippen LogP contribution is -2.34. The molecule has 0 aliphatic heterocycles. The summed E-state index contributed by atoms with van der Waals surface area (Å²) in [5.74, 6) is 0. The molecule has 0 saturated heterocycles. The van der Waals surface area contributed by atoms with Crippen molar-refractivity contribution in [1.82, 2.24) is 5.32 Å². The first kappa shape index (κ1) is 14.7. The molecule has 18 heavy (non-hydrogen) atoms. The van der Waals surface area contributed by atoms with Crippen LogP contribution in [-0.4, -0.2) is 11.3 Å². The van der Waals surface area contributed by atoms with Crippen molar-refractivity contribution in [3.63, 3.8) is 0 Å². The lowest BCUT2D eigenvalue weighted by Gasteiger charge is -2.27. The van der Waals surface area contributed by atoms with Gasteiger partial charge in [-0.05, 0) is 52.9 Å². The van der Waals surface area contributed by atoms with E-state index in [2.05, 4.69) is 55.9 Å². The van der Waals surface area contributed by atoms with Crippen LogP contribution in [0.4, 0.5) is 5.69 Å². The number of anilines is 1. The molecule has 100 valence electrons. The van der Waals surface area contributed by atoms with Crippen LogP contribution in [0.15, 0.2) is 21.1 Å². The molecule has 0 aromatic heterocycles. The third kappa shape index (κ3) is 3.89. The number of nitrogens with two attached hydrogens (primary N) is 1. The Morgan fingerprint density at radius 1 is 1.33 bits per heavy atom. The Balaban J connectivity index is 1.97. The molecule has 2 nitrogen and oxygen atoms in total. The molecule has 0 bridgehead atoms. The lowest BCUT2D eigenvalue weighted by molar-refractivity contribution is 0.381. The van der Waals surface area contributed by atoms with E-state index in [9.17, 15) is 0 Å². The quantitative estimate of drug-likeness (QED) is 0.533. The van der Waals surface area contributed by atoms with E-state index in [-0.39, 0.29) is 0 Å². The van der Waals surface area contributed by atoms with E-state index in [4.69, 9.17) is 5.73 Å². The van der Waals surface area contributed by atoms with Crippen LogP contribution in [0.25, 0.3) is 0 Å². The fourth-order valence-electron chi connectivity index (χ4n) is 2.39. The number of hydrogen-bond donors (Lipinski definition) is 3. The molecule has 0 unspecified atom stereocenters. The largest absolute Gasteiger partial charge is 0.398 e. The fourth-order valence-corrected chi connectivity index (χ4v) is 4.14. The number of thiol groups is 1. The Morgan fingerprint density at radius 3 is 2.83 bits per heavy atom. The summed E-state index contributed by atoms with van der Waals surface area (Å²) in [7, 11) is 0. The van der Waals surface area contributed by atoms with Crippen LogP contribution >= 0.6 is 44.5 Å². The first-order valence-electron chi connectivity index (χ1n) is 6.21. The van der Waals surface area contributed by atoms with E-state index >= 15 is 0 Å². The lowest BCUT2D eigenvalue weighted by atomic mass is 9.95. The molecule has 0 amide bonds. The van der Waals surface area contributed by atoms with Crippen molar-refractivity contribution < 1.29 is 0 Å². The third-order valence-corrected chi connectivity index (χ3v) is 4.99. The average molecular weight is 394 g/mol. The van der Waals surface area contributed by atoms with Crippen LogP contribution < -0.4 is 11.1 Å². The minimum Gasteiger partial charge on any atom is -0.398 e. The van der Waals surface area contributed by atoms with Gasteiger partial charge in [-0.2, -0.15) is 12.6 Å². The molecule has 1 aliphatic rings. The molecule has 0 radical (unpaired) electrons. The molecule has 0 spiro atoms. The zero-order chi connectivity index (χ0) is 13.1. The summed E-state index contributed by atoms with van der Waals surface area (Å²) in [4.78, 5) is 0. The van der Waals surface area contributed by atoms with E-state index < -0.39 is 0 Å². The predicted molar refractivity (Wildman–Crippen MR) is 88.1 cm³/mol. The van der Waals surface area contributed by atoms with Crippen LogP contribution in [0.1, 0.15) is 31.2 Å². The molecule has 3 N–H and O–H groups in total. The summed E-state index contributed by atoms with van der Waals surface area (Å²) in [5, 5.41) is 4.14. The van der Waals surface area contributed by atoms with Gasteiger partial charge in [0.2, 0.25) is 0 Å².